The van der Waals surface area contributed by atoms with E-state index in [0.717, 1.165) is 24.8 Å². The highest BCUT2D eigenvalue weighted by Crippen LogP contribution is 2.45. The molecule has 1 saturated heterocycles. The molecular weight excluding hydrogens is 350 g/mol. The van der Waals surface area contributed by atoms with Crippen LogP contribution in [0.25, 0.3) is 0 Å². The minimum atomic E-state index is -3.68. The van der Waals surface area contributed by atoms with Crippen LogP contribution in [-0.2, 0) is 25.8 Å². The monoisotopic (exact) mass is 379 g/mol. The highest BCUT2D eigenvalue weighted by molar-refractivity contribution is 7.86. The third-order valence-electron chi connectivity index (χ3n) is 5.81. The molecule has 1 amide bonds. The zero-order chi connectivity index (χ0) is 19.2. The minimum absolute atomic E-state index is 0.0827. The molecule has 0 radical (unpaired) electrons. The highest BCUT2D eigenvalue weighted by Gasteiger charge is 2.48. The Bertz CT molecular complexity index is 769. The fourth-order valence-electron chi connectivity index (χ4n) is 3.89. The molecule has 1 aromatic rings. The maximum Gasteiger partial charge on any atom is 0.277 e. The Labute approximate surface area is 156 Å². The zero-order valence-corrected chi connectivity index (χ0v) is 16.7. The van der Waals surface area contributed by atoms with Crippen molar-refractivity contribution < 1.29 is 13.2 Å². The van der Waals surface area contributed by atoms with E-state index in [4.69, 9.17) is 5.14 Å². The Balaban J connectivity index is 1.77. The standard InChI is InChI=1S/C19H29N3O3S/c1-18(2,3)15-5-7-16(8-6-15)19(9-4-10-19)17(23)21-11-13-22(14-12-21)26(20,24)25/h5-8H,4,9-14H2,1-3H3,(H2,20,24,25). The van der Waals surface area contributed by atoms with Gasteiger partial charge in [0, 0.05) is 26.2 Å². The second-order valence-corrected chi connectivity index (χ2v) is 10.0. The average molecular weight is 380 g/mol. The van der Waals surface area contributed by atoms with Gasteiger partial charge in [-0.15, -0.1) is 0 Å². The van der Waals surface area contributed by atoms with Crippen molar-refractivity contribution in [2.24, 2.45) is 5.14 Å². The quantitative estimate of drug-likeness (QED) is 0.868. The Hall–Kier alpha value is -1.44. The van der Waals surface area contributed by atoms with Gasteiger partial charge in [0.25, 0.3) is 10.2 Å². The molecule has 1 saturated carbocycles. The number of piperazine rings is 1. The van der Waals surface area contributed by atoms with Gasteiger partial charge in [-0.2, -0.15) is 12.7 Å². The summed E-state index contributed by atoms with van der Waals surface area (Å²) in [5, 5.41) is 5.19. The van der Waals surface area contributed by atoms with Gasteiger partial charge in [0.15, 0.2) is 0 Å². The van der Waals surface area contributed by atoms with Crippen LogP contribution in [0.2, 0.25) is 0 Å². The lowest BCUT2D eigenvalue weighted by Gasteiger charge is -2.45. The van der Waals surface area contributed by atoms with Crippen molar-refractivity contribution in [3.05, 3.63) is 35.4 Å². The van der Waals surface area contributed by atoms with Crippen LogP contribution < -0.4 is 5.14 Å². The Morgan fingerprint density at radius 1 is 1.04 bits per heavy atom. The maximum absolute atomic E-state index is 13.3. The van der Waals surface area contributed by atoms with Gasteiger partial charge in [-0.1, -0.05) is 51.5 Å². The molecule has 1 aliphatic carbocycles. The number of carbonyl (C=O) groups is 1. The van der Waals surface area contributed by atoms with Crippen LogP contribution in [0, 0.1) is 0 Å². The SMILES string of the molecule is CC(C)(C)c1ccc(C2(C(=O)N3CCN(S(N)(=O)=O)CC3)CCC2)cc1. The smallest absolute Gasteiger partial charge is 0.277 e. The molecule has 0 atom stereocenters. The van der Waals surface area contributed by atoms with Crippen molar-refractivity contribution >= 4 is 16.1 Å². The van der Waals surface area contributed by atoms with Gasteiger partial charge in [-0.25, -0.2) is 5.14 Å². The Kier molecular flexibility index (Phi) is 4.92. The maximum atomic E-state index is 13.3. The van der Waals surface area contributed by atoms with E-state index in [0.29, 0.717) is 13.1 Å². The third-order valence-corrected chi connectivity index (χ3v) is 6.89. The molecule has 0 bridgehead atoms. The van der Waals surface area contributed by atoms with Crippen molar-refractivity contribution in [1.82, 2.24) is 9.21 Å². The van der Waals surface area contributed by atoms with E-state index in [1.165, 1.54) is 9.87 Å². The third kappa shape index (κ3) is 3.52. The Morgan fingerprint density at radius 2 is 1.58 bits per heavy atom. The summed E-state index contributed by atoms with van der Waals surface area (Å²) < 4.78 is 24.2. The molecule has 7 heteroatoms. The normalized spacial score (nSPS) is 21.3. The lowest BCUT2D eigenvalue weighted by atomic mass is 9.63. The van der Waals surface area contributed by atoms with Gasteiger partial charge < -0.3 is 4.90 Å². The predicted molar refractivity (Wildman–Crippen MR) is 102 cm³/mol. The molecule has 1 heterocycles. The number of nitrogens with two attached hydrogens (primary N) is 1. The predicted octanol–water partition coefficient (Wildman–Crippen LogP) is 1.75. The second-order valence-electron chi connectivity index (χ2n) is 8.50. The van der Waals surface area contributed by atoms with E-state index in [-0.39, 0.29) is 24.4 Å². The lowest BCUT2D eigenvalue weighted by Crippen LogP contribution is -2.58. The van der Waals surface area contributed by atoms with Gasteiger partial charge in [0.2, 0.25) is 5.91 Å². The molecule has 1 aliphatic heterocycles. The van der Waals surface area contributed by atoms with Gasteiger partial charge in [0.1, 0.15) is 0 Å². The lowest BCUT2D eigenvalue weighted by molar-refractivity contribution is -0.142. The average Bonchev–Trinajstić information content (AvgIpc) is 2.53. The van der Waals surface area contributed by atoms with Crippen molar-refractivity contribution in [3.63, 3.8) is 0 Å². The fourth-order valence-corrected chi connectivity index (χ4v) is 4.57. The van der Waals surface area contributed by atoms with Crippen molar-refractivity contribution in [1.29, 1.82) is 0 Å². The van der Waals surface area contributed by atoms with E-state index in [1.54, 1.807) is 4.90 Å². The molecule has 2 fully saturated rings. The summed E-state index contributed by atoms with van der Waals surface area (Å²) in [4.78, 5) is 15.1. The van der Waals surface area contributed by atoms with E-state index in [2.05, 4.69) is 45.0 Å². The molecule has 0 unspecified atom stereocenters. The first-order valence-electron chi connectivity index (χ1n) is 9.22. The van der Waals surface area contributed by atoms with Crippen LogP contribution in [0.3, 0.4) is 0 Å². The summed E-state index contributed by atoms with van der Waals surface area (Å²) in [5.74, 6) is 0.126. The summed E-state index contributed by atoms with van der Waals surface area (Å²) in [5.41, 5.74) is 1.97. The number of benzene rings is 1. The number of hydrogen-bond donors (Lipinski definition) is 1. The molecule has 26 heavy (non-hydrogen) atoms. The van der Waals surface area contributed by atoms with Gasteiger partial charge in [0.05, 0.1) is 5.41 Å². The van der Waals surface area contributed by atoms with Crippen LogP contribution >= 0.6 is 0 Å². The molecule has 2 N–H and O–H groups in total. The molecule has 0 aromatic heterocycles. The van der Waals surface area contributed by atoms with Gasteiger partial charge >= 0.3 is 0 Å². The van der Waals surface area contributed by atoms with Crippen molar-refractivity contribution in [2.45, 2.75) is 50.9 Å². The summed E-state index contributed by atoms with van der Waals surface area (Å²) in [7, 11) is -3.68. The number of hydrogen-bond acceptors (Lipinski definition) is 3. The summed E-state index contributed by atoms with van der Waals surface area (Å²) >= 11 is 0. The highest BCUT2D eigenvalue weighted by atomic mass is 32.2. The van der Waals surface area contributed by atoms with Crippen LogP contribution in [0.5, 0.6) is 0 Å². The first-order valence-corrected chi connectivity index (χ1v) is 10.7. The zero-order valence-electron chi connectivity index (χ0n) is 15.9. The topological polar surface area (TPSA) is 83.7 Å². The van der Waals surface area contributed by atoms with E-state index >= 15 is 0 Å². The number of nitrogens with zero attached hydrogens (tertiary/aromatic N) is 2. The van der Waals surface area contributed by atoms with Gasteiger partial charge in [-0.3, -0.25) is 4.79 Å². The first-order chi connectivity index (χ1) is 12.0. The molecular formula is C19H29N3O3S. The second kappa shape index (κ2) is 6.62. The van der Waals surface area contributed by atoms with Crippen molar-refractivity contribution in [3.8, 4) is 0 Å². The number of amides is 1. The van der Waals surface area contributed by atoms with Crippen LogP contribution in [0.1, 0.15) is 51.2 Å². The van der Waals surface area contributed by atoms with Crippen LogP contribution in [0.15, 0.2) is 24.3 Å². The molecule has 3 rings (SSSR count). The Morgan fingerprint density at radius 3 is 1.96 bits per heavy atom. The van der Waals surface area contributed by atoms with Crippen molar-refractivity contribution in [2.75, 3.05) is 26.2 Å². The molecule has 144 valence electrons. The fraction of sp³-hybridized carbons (Fsp3) is 0.632. The van der Waals surface area contributed by atoms with E-state index in [9.17, 15) is 13.2 Å². The molecule has 2 aliphatic rings. The van der Waals surface area contributed by atoms with Gasteiger partial charge in [-0.05, 0) is 29.4 Å². The minimum Gasteiger partial charge on any atom is -0.339 e. The first kappa shape index (κ1) is 19.3. The molecule has 0 spiro atoms. The number of carbonyl (C=O) groups excluding carboxylic acids is 1. The summed E-state index contributed by atoms with van der Waals surface area (Å²) in [6.07, 6.45) is 2.76. The van der Waals surface area contributed by atoms with Crippen LogP contribution in [-0.4, -0.2) is 49.7 Å². The van der Waals surface area contributed by atoms with E-state index in [1.807, 2.05) is 0 Å². The molecule has 1 aromatic carbocycles. The van der Waals surface area contributed by atoms with E-state index < -0.39 is 15.6 Å². The molecule has 6 nitrogen and oxygen atoms in total. The largest absolute Gasteiger partial charge is 0.339 e. The van der Waals surface area contributed by atoms with Crippen LogP contribution in [0.4, 0.5) is 0 Å². The summed E-state index contributed by atoms with van der Waals surface area (Å²) in [6, 6.07) is 8.44. The summed E-state index contributed by atoms with van der Waals surface area (Å²) in [6.45, 7) is 7.87. The number of rotatable bonds is 3.